The van der Waals surface area contributed by atoms with Crippen molar-refractivity contribution in [2.45, 2.75) is 26.6 Å². The lowest BCUT2D eigenvalue weighted by atomic mass is 10.5. The fraction of sp³-hybridized carbons (Fsp3) is 0.600. The Bertz CT molecular complexity index is 194. The summed E-state index contributed by atoms with van der Waals surface area (Å²) < 4.78 is 5.88. The fourth-order valence-electron chi connectivity index (χ4n) is 0.955. The van der Waals surface area contributed by atoms with Gasteiger partial charge in [-0.3, -0.25) is 0 Å². The molecular formula is C10H21NOSi. The van der Waals surface area contributed by atoms with E-state index in [0.29, 0.717) is 0 Å². The van der Waals surface area contributed by atoms with E-state index in [1.54, 1.807) is 0 Å². The first-order valence-electron chi connectivity index (χ1n) is 4.58. The molecule has 76 valence electrons. The van der Waals surface area contributed by atoms with E-state index in [-0.39, 0.29) is 0 Å². The van der Waals surface area contributed by atoms with Crippen molar-refractivity contribution in [2.24, 2.45) is 0 Å². The number of hydrogen-bond acceptors (Lipinski definition) is 2. The van der Waals surface area contributed by atoms with Crippen molar-refractivity contribution in [3.63, 3.8) is 0 Å². The minimum Gasteiger partial charge on any atom is -0.533 e. The molecule has 0 unspecified atom stereocenters. The van der Waals surface area contributed by atoms with Gasteiger partial charge in [0.05, 0.1) is 0 Å². The Kier molecular flexibility index (Phi) is 4.84. The second kappa shape index (κ2) is 5.12. The highest BCUT2D eigenvalue weighted by atomic mass is 28.4. The van der Waals surface area contributed by atoms with E-state index >= 15 is 0 Å². The molecule has 0 aromatic rings. The Morgan fingerprint density at radius 3 is 2.31 bits per heavy atom. The zero-order chi connectivity index (χ0) is 10.5. The normalized spacial score (nSPS) is 12.5. The van der Waals surface area contributed by atoms with E-state index in [2.05, 4.69) is 31.1 Å². The summed E-state index contributed by atoms with van der Waals surface area (Å²) >= 11 is 0. The molecule has 0 aliphatic rings. The molecule has 0 aromatic heterocycles. The van der Waals surface area contributed by atoms with Crippen molar-refractivity contribution < 1.29 is 4.43 Å². The lowest BCUT2D eigenvalue weighted by Crippen LogP contribution is -2.31. The molecule has 0 atom stereocenters. The molecule has 0 fully saturated rings. The molecule has 0 N–H and O–H groups in total. The molecule has 0 spiro atoms. The Balaban J connectivity index is 4.28. The predicted molar refractivity (Wildman–Crippen MR) is 61.0 cm³/mol. The zero-order valence-corrected chi connectivity index (χ0v) is 10.4. The van der Waals surface area contributed by atoms with E-state index in [9.17, 15) is 0 Å². The largest absolute Gasteiger partial charge is 0.533 e. The van der Waals surface area contributed by atoms with Crippen molar-refractivity contribution in [1.82, 2.24) is 4.90 Å². The second-order valence-corrected chi connectivity index (χ2v) is 8.44. The first kappa shape index (κ1) is 12.3. The van der Waals surface area contributed by atoms with Crippen LogP contribution in [0, 0.1) is 0 Å². The summed E-state index contributed by atoms with van der Waals surface area (Å²) in [5.74, 6) is 0.957. The van der Waals surface area contributed by atoms with Crippen LogP contribution < -0.4 is 0 Å². The molecular weight excluding hydrogens is 178 g/mol. The van der Waals surface area contributed by atoms with Gasteiger partial charge in [-0.2, -0.15) is 0 Å². The van der Waals surface area contributed by atoms with Gasteiger partial charge in [-0.25, -0.2) is 0 Å². The predicted octanol–water partition coefficient (Wildman–Crippen LogP) is 2.82. The van der Waals surface area contributed by atoms with Crippen LogP contribution in [0.3, 0.4) is 0 Å². The molecule has 3 heteroatoms. The number of nitrogens with zero attached hydrogens (tertiary/aromatic N) is 1. The van der Waals surface area contributed by atoms with Gasteiger partial charge in [0, 0.05) is 13.6 Å². The van der Waals surface area contributed by atoms with Gasteiger partial charge in [0.25, 0.3) is 0 Å². The van der Waals surface area contributed by atoms with Crippen LogP contribution in [0.1, 0.15) is 6.92 Å². The Hall–Kier alpha value is -0.703. The van der Waals surface area contributed by atoms with Gasteiger partial charge in [0.2, 0.25) is 8.32 Å². The zero-order valence-electron chi connectivity index (χ0n) is 9.42. The maximum absolute atomic E-state index is 5.88. The van der Waals surface area contributed by atoms with Crippen LogP contribution in [0.2, 0.25) is 19.6 Å². The van der Waals surface area contributed by atoms with E-state index in [0.717, 1.165) is 12.4 Å². The van der Waals surface area contributed by atoms with Gasteiger partial charge in [-0.1, -0.05) is 6.08 Å². The smallest absolute Gasteiger partial charge is 0.244 e. The van der Waals surface area contributed by atoms with Gasteiger partial charge in [0.1, 0.15) is 0 Å². The Labute approximate surface area is 83.0 Å². The lowest BCUT2D eigenvalue weighted by molar-refractivity contribution is 0.259. The topological polar surface area (TPSA) is 12.5 Å². The molecule has 13 heavy (non-hydrogen) atoms. The molecule has 0 aliphatic heterocycles. The van der Waals surface area contributed by atoms with Crippen LogP contribution in [-0.4, -0.2) is 26.8 Å². The standard InChI is InChI=1S/C10H21NOSi/c1-7-9-11(3)10(8-2)12-13(4,5)6/h7-8H,1,9H2,2-6H3/b10-8-. The third-order valence-electron chi connectivity index (χ3n) is 1.44. The summed E-state index contributed by atoms with van der Waals surface area (Å²) in [4.78, 5) is 2.06. The van der Waals surface area contributed by atoms with Gasteiger partial charge >= 0.3 is 0 Å². The summed E-state index contributed by atoms with van der Waals surface area (Å²) in [6, 6.07) is 0. The van der Waals surface area contributed by atoms with Crippen LogP contribution >= 0.6 is 0 Å². The van der Waals surface area contributed by atoms with Crippen molar-refractivity contribution in [1.29, 1.82) is 0 Å². The number of hydrogen-bond donors (Lipinski definition) is 0. The average Bonchev–Trinajstić information content (AvgIpc) is 1.99. The van der Waals surface area contributed by atoms with E-state index in [4.69, 9.17) is 4.43 Å². The maximum atomic E-state index is 5.88. The summed E-state index contributed by atoms with van der Waals surface area (Å²) in [5, 5.41) is 0. The highest BCUT2D eigenvalue weighted by Crippen LogP contribution is 2.12. The number of likely N-dealkylation sites (N-methyl/N-ethyl adjacent to an activating group) is 1. The fourth-order valence-corrected chi connectivity index (χ4v) is 1.86. The monoisotopic (exact) mass is 199 g/mol. The van der Waals surface area contributed by atoms with Gasteiger partial charge in [0.15, 0.2) is 5.88 Å². The molecule has 0 heterocycles. The SMILES string of the molecule is C=CCN(C)/C(=C/C)O[Si](C)(C)C. The van der Waals surface area contributed by atoms with Crippen molar-refractivity contribution in [2.75, 3.05) is 13.6 Å². The number of allylic oxidation sites excluding steroid dienone is 1. The molecule has 0 saturated carbocycles. The van der Waals surface area contributed by atoms with Crippen molar-refractivity contribution in [3.8, 4) is 0 Å². The summed E-state index contributed by atoms with van der Waals surface area (Å²) in [5.41, 5.74) is 0. The molecule has 0 rings (SSSR count). The second-order valence-electron chi connectivity index (χ2n) is 4.01. The van der Waals surface area contributed by atoms with Gasteiger partial charge in [-0.15, -0.1) is 6.58 Å². The van der Waals surface area contributed by atoms with Gasteiger partial charge in [-0.05, 0) is 32.6 Å². The number of rotatable bonds is 5. The van der Waals surface area contributed by atoms with Crippen molar-refractivity contribution in [3.05, 3.63) is 24.6 Å². The average molecular weight is 199 g/mol. The summed E-state index contributed by atoms with van der Waals surface area (Å²) in [7, 11) is 0.534. The minimum atomic E-state index is -1.48. The van der Waals surface area contributed by atoms with Crippen molar-refractivity contribution >= 4 is 8.32 Å². The first-order chi connectivity index (χ1) is 5.90. The highest BCUT2D eigenvalue weighted by Gasteiger charge is 2.18. The summed E-state index contributed by atoms with van der Waals surface area (Å²) in [6.45, 7) is 13.1. The van der Waals surface area contributed by atoms with Crippen LogP contribution in [0.4, 0.5) is 0 Å². The molecule has 2 nitrogen and oxygen atoms in total. The van der Waals surface area contributed by atoms with Gasteiger partial charge < -0.3 is 9.33 Å². The van der Waals surface area contributed by atoms with E-state index < -0.39 is 8.32 Å². The summed E-state index contributed by atoms with van der Waals surface area (Å²) in [6.07, 6.45) is 3.87. The third-order valence-corrected chi connectivity index (χ3v) is 2.26. The minimum absolute atomic E-state index is 0.824. The molecule has 0 amide bonds. The quantitative estimate of drug-likeness (QED) is 0.383. The Morgan fingerprint density at radius 2 is 2.00 bits per heavy atom. The van der Waals surface area contributed by atoms with E-state index in [1.807, 2.05) is 26.1 Å². The van der Waals surface area contributed by atoms with Crippen LogP contribution in [0.25, 0.3) is 0 Å². The first-order valence-corrected chi connectivity index (χ1v) is 7.99. The third kappa shape index (κ3) is 5.52. The van der Waals surface area contributed by atoms with Crippen LogP contribution in [0.15, 0.2) is 24.6 Å². The van der Waals surface area contributed by atoms with Crippen LogP contribution in [0.5, 0.6) is 0 Å². The molecule has 0 saturated heterocycles. The molecule has 0 aromatic carbocycles. The molecule has 0 radical (unpaired) electrons. The highest BCUT2D eigenvalue weighted by molar-refractivity contribution is 6.70. The molecule has 0 bridgehead atoms. The Morgan fingerprint density at radius 1 is 1.46 bits per heavy atom. The lowest BCUT2D eigenvalue weighted by Gasteiger charge is -2.28. The maximum Gasteiger partial charge on any atom is 0.244 e. The van der Waals surface area contributed by atoms with E-state index in [1.165, 1.54) is 0 Å². The van der Waals surface area contributed by atoms with Crippen LogP contribution in [-0.2, 0) is 4.43 Å². The molecule has 0 aliphatic carbocycles.